The van der Waals surface area contributed by atoms with E-state index in [-0.39, 0.29) is 11.4 Å². The Bertz CT molecular complexity index is 352. The average molecular weight is 225 g/mol. The van der Waals surface area contributed by atoms with Gasteiger partial charge in [-0.15, -0.1) is 0 Å². The van der Waals surface area contributed by atoms with E-state index in [0.717, 1.165) is 5.76 Å². The second kappa shape index (κ2) is 5.12. The molecule has 1 rings (SSSR count). The Morgan fingerprint density at radius 1 is 1.50 bits per heavy atom. The van der Waals surface area contributed by atoms with E-state index in [0.29, 0.717) is 19.0 Å². The number of nitrogens with one attached hydrogen (secondary N) is 2. The Morgan fingerprint density at radius 3 is 2.69 bits per heavy atom. The van der Waals surface area contributed by atoms with Gasteiger partial charge in [0, 0.05) is 5.54 Å². The molecule has 0 aliphatic heterocycles. The zero-order chi connectivity index (χ0) is 12.2. The van der Waals surface area contributed by atoms with Gasteiger partial charge in [-0.05, 0) is 27.7 Å². The molecule has 0 saturated heterocycles. The highest BCUT2D eigenvalue weighted by Gasteiger charge is 2.11. The SMILES string of the molecule is Cc1cnc(CNC(=O)CNC(C)(C)C)o1. The van der Waals surface area contributed by atoms with Crippen LogP contribution in [0.5, 0.6) is 0 Å². The van der Waals surface area contributed by atoms with Gasteiger partial charge in [0.05, 0.1) is 19.3 Å². The summed E-state index contributed by atoms with van der Waals surface area (Å²) < 4.78 is 5.23. The van der Waals surface area contributed by atoms with E-state index in [2.05, 4.69) is 15.6 Å². The highest BCUT2D eigenvalue weighted by molar-refractivity contribution is 5.77. The molecule has 5 heteroatoms. The number of oxazole rings is 1. The van der Waals surface area contributed by atoms with E-state index in [1.807, 2.05) is 27.7 Å². The second-order valence-corrected chi connectivity index (χ2v) is 4.74. The maximum Gasteiger partial charge on any atom is 0.234 e. The Hall–Kier alpha value is -1.36. The number of hydrogen-bond donors (Lipinski definition) is 2. The molecule has 0 fully saturated rings. The molecule has 1 aromatic rings. The Balaban J connectivity index is 2.25. The fraction of sp³-hybridized carbons (Fsp3) is 0.636. The number of amides is 1. The maximum atomic E-state index is 11.4. The lowest BCUT2D eigenvalue weighted by atomic mass is 10.1. The molecule has 0 bridgehead atoms. The monoisotopic (exact) mass is 225 g/mol. The summed E-state index contributed by atoms with van der Waals surface area (Å²) in [6.45, 7) is 8.48. The van der Waals surface area contributed by atoms with Gasteiger partial charge in [0.15, 0.2) is 0 Å². The molecule has 0 radical (unpaired) electrons. The lowest BCUT2D eigenvalue weighted by molar-refractivity contribution is -0.120. The van der Waals surface area contributed by atoms with E-state index < -0.39 is 0 Å². The van der Waals surface area contributed by atoms with Gasteiger partial charge >= 0.3 is 0 Å². The van der Waals surface area contributed by atoms with Crippen molar-refractivity contribution in [3.63, 3.8) is 0 Å². The number of nitrogens with zero attached hydrogens (tertiary/aromatic N) is 1. The van der Waals surface area contributed by atoms with Crippen LogP contribution in [0.1, 0.15) is 32.4 Å². The Labute approximate surface area is 95.6 Å². The van der Waals surface area contributed by atoms with Gasteiger partial charge in [0.25, 0.3) is 0 Å². The van der Waals surface area contributed by atoms with Gasteiger partial charge in [-0.25, -0.2) is 4.98 Å². The van der Waals surface area contributed by atoms with Crippen LogP contribution in [0.3, 0.4) is 0 Å². The minimum atomic E-state index is -0.0641. The smallest absolute Gasteiger partial charge is 0.234 e. The van der Waals surface area contributed by atoms with Crippen molar-refractivity contribution in [1.82, 2.24) is 15.6 Å². The van der Waals surface area contributed by atoms with Crippen LogP contribution in [-0.4, -0.2) is 23.0 Å². The first-order valence-corrected chi connectivity index (χ1v) is 5.30. The third-order valence-electron chi connectivity index (χ3n) is 1.89. The van der Waals surface area contributed by atoms with Crippen molar-refractivity contribution < 1.29 is 9.21 Å². The number of hydrogen-bond acceptors (Lipinski definition) is 4. The quantitative estimate of drug-likeness (QED) is 0.801. The fourth-order valence-electron chi connectivity index (χ4n) is 1.07. The first-order chi connectivity index (χ1) is 7.37. The van der Waals surface area contributed by atoms with Crippen molar-refractivity contribution in [3.8, 4) is 0 Å². The van der Waals surface area contributed by atoms with Crippen LogP contribution in [-0.2, 0) is 11.3 Å². The normalized spacial score (nSPS) is 11.5. The number of carbonyl (C=O) groups excluding carboxylic acids is 1. The number of aryl methyl sites for hydroxylation is 1. The van der Waals surface area contributed by atoms with E-state index in [9.17, 15) is 4.79 Å². The number of rotatable bonds is 4. The van der Waals surface area contributed by atoms with Crippen molar-refractivity contribution in [2.75, 3.05) is 6.54 Å². The summed E-state index contributed by atoms with van der Waals surface area (Å²) in [5.74, 6) is 1.21. The van der Waals surface area contributed by atoms with Crippen molar-refractivity contribution in [2.24, 2.45) is 0 Å². The molecular weight excluding hydrogens is 206 g/mol. The van der Waals surface area contributed by atoms with Crippen LogP contribution in [0.2, 0.25) is 0 Å². The summed E-state index contributed by atoms with van der Waals surface area (Å²) in [5.41, 5.74) is -0.0587. The minimum Gasteiger partial charge on any atom is -0.444 e. The third-order valence-corrected chi connectivity index (χ3v) is 1.89. The molecule has 0 unspecified atom stereocenters. The van der Waals surface area contributed by atoms with Gasteiger partial charge in [-0.3, -0.25) is 4.79 Å². The number of aromatic nitrogens is 1. The lowest BCUT2D eigenvalue weighted by Gasteiger charge is -2.19. The van der Waals surface area contributed by atoms with Crippen LogP contribution in [0, 0.1) is 6.92 Å². The summed E-state index contributed by atoms with van der Waals surface area (Å²) >= 11 is 0. The molecule has 0 aromatic carbocycles. The minimum absolute atomic E-state index is 0.0587. The van der Waals surface area contributed by atoms with Crippen LogP contribution in [0.4, 0.5) is 0 Å². The van der Waals surface area contributed by atoms with Crippen molar-refractivity contribution in [2.45, 2.75) is 39.8 Å². The molecular formula is C11H19N3O2. The lowest BCUT2D eigenvalue weighted by Crippen LogP contribution is -2.43. The van der Waals surface area contributed by atoms with Crippen molar-refractivity contribution in [3.05, 3.63) is 17.8 Å². The van der Waals surface area contributed by atoms with Crippen molar-refractivity contribution in [1.29, 1.82) is 0 Å². The fourth-order valence-corrected chi connectivity index (χ4v) is 1.07. The predicted octanol–water partition coefficient (Wildman–Crippen LogP) is 0.987. The summed E-state index contributed by atoms with van der Waals surface area (Å²) in [7, 11) is 0. The molecule has 0 atom stereocenters. The van der Waals surface area contributed by atoms with E-state index in [1.165, 1.54) is 0 Å². The van der Waals surface area contributed by atoms with E-state index in [1.54, 1.807) is 6.20 Å². The van der Waals surface area contributed by atoms with Gasteiger partial charge < -0.3 is 15.1 Å². The van der Waals surface area contributed by atoms with Crippen LogP contribution in [0.15, 0.2) is 10.6 Å². The van der Waals surface area contributed by atoms with E-state index >= 15 is 0 Å². The Kier molecular flexibility index (Phi) is 4.06. The zero-order valence-corrected chi connectivity index (χ0v) is 10.3. The largest absolute Gasteiger partial charge is 0.444 e. The third kappa shape index (κ3) is 4.93. The van der Waals surface area contributed by atoms with Crippen LogP contribution >= 0.6 is 0 Å². The highest BCUT2D eigenvalue weighted by Crippen LogP contribution is 2.00. The molecule has 5 nitrogen and oxygen atoms in total. The molecule has 0 spiro atoms. The molecule has 1 aromatic heterocycles. The van der Waals surface area contributed by atoms with Crippen molar-refractivity contribution >= 4 is 5.91 Å². The van der Waals surface area contributed by atoms with E-state index in [4.69, 9.17) is 4.42 Å². The molecule has 2 N–H and O–H groups in total. The standard InChI is InChI=1S/C11H19N3O2/c1-8-5-13-10(16-8)7-12-9(15)6-14-11(2,3)4/h5,14H,6-7H2,1-4H3,(H,12,15). The second-order valence-electron chi connectivity index (χ2n) is 4.74. The maximum absolute atomic E-state index is 11.4. The summed E-state index contributed by atoms with van der Waals surface area (Å²) in [5, 5.41) is 5.83. The molecule has 16 heavy (non-hydrogen) atoms. The van der Waals surface area contributed by atoms with Gasteiger partial charge in [0.2, 0.25) is 11.8 Å². The molecule has 1 heterocycles. The van der Waals surface area contributed by atoms with Gasteiger partial charge in [0.1, 0.15) is 5.76 Å². The first-order valence-electron chi connectivity index (χ1n) is 5.30. The topological polar surface area (TPSA) is 67.2 Å². The number of carbonyl (C=O) groups is 1. The molecule has 0 saturated carbocycles. The molecule has 1 amide bonds. The summed E-state index contributed by atoms with van der Waals surface area (Å²) in [6, 6.07) is 0. The summed E-state index contributed by atoms with van der Waals surface area (Å²) in [6.07, 6.45) is 1.63. The van der Waals surface area contributed by atoms with Gasteiger partial charge in [-0.1, -0.05) is 0 Å². The van der Waals surface area contributed by atoms with Crippen LogP contribution in [0.25, 0.3) is 0 Å². The van der Waals surface area contributed by atoms with Crippen LogP contribution < -0.4 is 10.6 Å². The molecule has 0 aliphatic rings. The highest BCUT2D eigenvalue weighted by atomic mass is 16.4. The summed E-state index contributed by atoms with van der Waals surface area (Å²) in [4.78, 5) is 15.4. The van der Waals surface area contributed by atoms with Gasteiger partial charge in [-0.2, -0.15) is 0 Å². The molecule has 0 aliphatic carbocycles. The zero-order valence-electron chi connectivity index (χ0n) is 10.3. The molecule has 90 valence electrons. The predicted molar refractivity (Wildman–Crippen MR) is 60.8 cm³/mol. The first kappa shape index (κ1) is 12.7. The average Bonchev–Trinajstić information content (AvgIpc) is 2.57. The Morgan fingerprint density at radius 2 is 2.19 bits per heavy atom.